The number of carbonyl (C=O) groups is 2. The van der Waals surface area contributed by atoms with Gasteiger partial charge in [-0.15, -0.1) is 0 Å². The molecule has 0 spiro atoms. The molecule has 0 radical (unpaired) electrons. The molecular formula is C22H21FN2O5. The van der Waals surface area contributed by atoms with Crippen LogP contribution in [0.5, 0.6) is 0 Å². The fraction of sp³-hybridized carbons (Fsp3) is 0.227. The molecule has 0 aliphatic carbocycles. The van der Waals surface area contributed by atoms with Crippen LogP contribution in [-0.4, -0.2) is 25.7 Å². The molecule has 0 unspecified atom stereocenters. The van der Waals surface area contributed by atoms with Gasteiger partial charge < -0.3 is 19.8 Å². The van der Waals surface area contributed by atoms with Crippen LogP contribution >= 0.6 is 0 Å². The number of aryl methyl sites for hydroxylation is 1. The summed E-state index contributed by atoms with van der Waals surface area (Å²) in [6.07, 6.45) is 0.285. The van der Waals surface area contributed by atoms with Crippen molar-refractivity contribution in [2.45, 2.75) is 13.3 Å². The van der Waals surface area contributed by atoms with Gasteiger partial charge in [0.25, 0.3) is 0 Å². The second-order valence-corrected chi connectivity index (χ2v) is 6.85. The third-order valence-corrected chi connectivity index (χ3v) is 4.65. The van der Waals surface area contributed by atoms with Crippen molar-refractivity contribution in [1.29, 1.82) is 0 Å². The van der Waals surface area contributed by atoms with Crippen molar-refractivity contribution in [3.8, 4) is 0 Å². The highest BCUT2D eigenvalue weighted by Crippen LogP contribution is 2.20. The minimum Gasteiger partial charge on any atom is -0.469 e. The molecular weight excluding hydrogens is 391 g/mol. The molecule has 0 saturated carbocycles. The summed E-state index contributed by atoms with van der Waals surface area (Å²) in [5, 5.41) is 6.04. The molecule has 0 aliphatic rings. The van der Waals surface area contributed by atoms with Gasteiger partial charge in [0.1, 0.15) is 11.4 Å². The Bertz CT molecular complexity index is 1120. The monoisotopic (exact) mass is 412 g/mol. The average Bonchev–Trinajstić information content (AvgIpc) is 2.71. The zero-order valence-corrected chi connectivity index (χ0v) is 16.5. The van der Waals surface area contributed by atoms with Gasteiger partial charge in [0.15, 0.2) is 0 Å². The van der Waals surface area contributed by atoms with Gasteiger partial charge in [-0.25, -0.2) is 14.0 Å². The summed E-state index contributed by atoms with van der Waals surface area (Å²) in [6, 6.07) is 11.6. The van der Waals surface area contributed by atoms with E-state index < -0.39 is 23.5 Å². The Balaban J connectivity index is 1.65. The average molecular weight is 412 g/mol. The topological polar surface area (TPSA) is 97.6 Å². The van der Waals surface area contributed by atoms with Gasteiger partial charge >= 0.3 is 17.6 Å². The molecule has 2 aromatic carbocycles. The summed E-state index contributed by atoms with van der Waals surface area (Å²) in [5.41, 5.74) is 1.85. The highest BCUT2D eigenvalue weighted by molar-refractivity contribution is 5.92. The number of hydrogen-bond acceptors (Lipinski definition) is 5. The Labute approximate surface area is 171 Å². The largest absolute Gasteiger partial charge is 0.469 e. The van der Waals surface area contributed by atoms with Crippen LogP contribution in [0, 0.1) is 18.7 Å². The number of fused-ring (bicyclic) bond motifs is 1. The second-order valence-electron chi connectivity index (χ2n) is 6.85. The van der Waals surface area contributed by atoms with E-state index >= 15 is 0 Å². The first-order valence-electron chi connectivity index (χ1n) is 9.27. The number of esters is 1. The normalized spacial score (nSPS) is 11.7. The SMILES string of the molecule is COC(=O)[C@H](CNC(=O)Nc1ccc2c(C)cc(=O)oc2c1)Cc1ccc(F)cc1. The fourth-order valence-corrected chi connectivity index (χ4v) is 3.10. The second kappa shape index (κ2) is 9.21. The van der Waals surface area contributed by atoms with Crippen LogP contribution in [0.25, 0.3) is 11.0 Å². The van der Waals surface area contributed by atoms with E-state index in [9.17, 15) is 18.8 Å². The molecule has 7 nitrogen and oxygen atoms in total. The molecule has 8 heteroatoms. The Morgan fingerprint density at radius 2 is 1.87 bits per heavy atom. The molecule has 1 atom stereocenters. The van der Waals surface area contributed by atoms with Gasteiger partial charge in [-0.05, 0) is 48.7 Å². The van der Waals surface area contributed by atoms with E-state index in [1.54, 1.807) is 37.3 Å². The highest BCUT2D eigenvalue weighted by atomic mass is 19.1. The van der Waals surface area contributed by atoms with Gasteiger partial charge in [0.2, 0.25) is 0 Å². The third kappa shape index (κ3) is 5.22. The van der Waals surface area contributed by atoms with Crippen LogP contribution in [0.15, 0.2) is 57.7 Å². The summed E-state index contributed by atoms with van der Waals surface area (Å²) < 4.78 is 23.0. The standard InChI is InChI=1S/C22H21FN2O5/c1-13-9-20(26)30-19-11-17(7-8-18(13)19)25-22(28)24-12-15(21(27)29-2)10-14-3-5-16(23)6-4-14/h3-9,11,15H,10,12H2,1-2H3,(H2,24,25,28)/t15-/m0/s1. The highest BCUT2D eigenvalue weighted by Gasteiger charge is 2.21. The van der Waals surface area contributed by atoms with Crippen LogP contribution in [0.3, 0.4) is 0 Å². The number of halogens is 1. The third-order valence-electron chi connectivity index (χ3n) is 4.65. The molecule has 1 heterocycles. The number of anilines is 1. The molecule has 3 rings (SSSR count). The van der Waals surface area contributed by atoms with Gasteiger partial charge in [-0.1, -0.05) is 12.1 Å². The summed E-state index contributed by atoms with van der Waals surface area (Å²) in [4.78, 5) is 35.9. The first kappa shape index (κ1) is 21.0. The predicted octanol–water partition coefficient (Wildman–Crippen LogP) is 3.39. The van der Waals surface area contributed by atoms with E-state index in [2.05, 4.69) is 10.6 Å². The van der Waals surface area contributed by atoms with Crippen LogP contribution < -0.4 is 16.3 Å². The smallest absolute Gasteiger partial charge is 0.336 e. The number of amides is 2. The lowest BCUT2D eigenvalue weighted by Crippen LogP contribution is -2.37. The number of ether oxygens (including phenoxy) is 1. The van der Waals surface area contributed by atoms with Crippen molar-refractivity contribution < 1.29 is 23.1 Å². The molecule has 3 aromatic rings. The lowest BCUT2D eigenvalue weighted by molar-refractivity contribution is -0.145. The number of benzene rings is 2. The summed E-state index contributed by atoms with van der Waals surface area (Å²) in [7, 11) is 1.27. The minimum atomic E-state index is -0.636. The first-order chi connectivity index (χ1) is 14.4. The zero-order valence-electron chi connectivity index (χ0n) is 16.5. The fourth-order valence-electron chi connectivity index (χ4n) is 3.10. The molecule has 0 bridgehead atoms. The molecule has 0 saturated heterocycles. The lowest BCUT2D eigenvalue weighted by Gasteiger charge is -2.16. The molecule has 0 aliphatic heterocycles. The summed E-state index contributed by atoms with van der Waals surface area (Å²) in [5.74, 6) is -1.49. The maximum absolute atomic E-state index is 13.1. The zero-order chi connectivity index (χ0) is 21.7. The number of rotatable bonds is 6. The Kier molecular flexibility index (Phi) is 6.46. The molecule has 0 fully saturated rings. The van der Waals surface area contributed by atoms with E-state index in [0.29, 0.717) is 11.3 Å². The van der Waals surface area contributed by atoms with Crippen molar-refractivity contribution in [1.82, 2.24) is 5.32 Å². The lowest BCUT2D eigenvalue weighted by atomic mass is 9.99. The van der Waals surface area contributed by atoms with Crippen LogP contribution in [-0.2, 0) is 16.0 Å². The molecule has 2 amide bonds. The van der Waals surface area contributed by atoms with Crippen LogP contribution in [0.4, 0.5) is 14.9 Å². The number of methoxy groups -OCH3 is 1. The van der Waals surface area contributed by atoms with Crippen molar-refractivity contribution >= 4 is 28.7 Å². The van der Waals surface area contributed by atoms with Crippen molar-refractivity contribution in [3.63, 3.8) is 0 Å². The molecule has 30 heavy (non-hydrogen) atoms. The summed E-state index contributed by atoms with van der Waals surface area (Å²) >= 11 is 0. The van der Waals surface area contributed by atoms with E-state index in [1.165, 1.54) is 25.3 Å². The Morgan fingerprint density at radius 1 is 1.13 bits per heavy atom. The number of carbonyl (C=O) groups excluding carboxylic acids is 2. The minimum absolute atomic E-state index is 0.0255. The maximum Gasteiger partial charge on any atom is 0.336 e. The van der Waals surface area contributed by atoms with E-state index in [4.69, 9.17) is 9.15 Å². The number of hydrogen-bond donors (Lipinski definition) is 2. The number of nitrogens with one attached hydrogen (secondary N) is 2. The predicted molar refractivity (Wildman–Crippen MR) is 110 cm³/mol. The van der Waals surface area contributed by atoms with Gasteiger partial charge in [-0.2, -0.15) is 0 Å². The van der Waals surface area contributed by atoms with Gasteiger partial charge in [0.05, 0.1) is 13.0 Å². The quantitative estimate of drug-likeness (QED) is 0.478. The maximum atomic E-state index is 13.1. The van der Waals surface area contributed by atoms with Crippen molar-refractivity contribution in [2.24, 2.45) is 5.92 Å². The van der Waals surface area contributed by atoms with E-state index in [-0.39, 0.29) is 18.8 Å². The van der Waals surface area contributed by atoms with Crippen molar-refractivity contribution in [3.05, 3.63) is 75.9 Å². The first-order valence-corrected chi connectivity index (χ1v) is 9.27. The van der Waals surface area contributed by atoms with Crippen molar-refractivity contribution in [2.75, 3.05) is 19.0 Å². The summed E-state index contributed by atoms with van der Waals surface area (Å²) in [6.45, 7) is 1.82. The van der Waals surface area contributed by atoms with E-state index in [1.807, 2.05) is 0 Å². The van der Waals surface area contributed by atoms with Crippen LogP contribution in [0.2, 0.25) is 0 Å². The Morgan fingerprint density at radius 3 is 2.57 bits per heavy atom. The van der Waals surface area contributed by atoms with E-state index in [0.717, 1.165) is 16.5 Å². The van der Waals surface area contributed by atoms with Gasteiger partial charge in [0, 0.05) is 29.8 Å². The number of urea groups is 1. The molecule has 2 N–H and O–H groups in total. The Hall–Kier alpha value is -3.68. The molecule has 1 aromatic heterocycles. The van der Waals surface area contributed by atoms with Crippen LogP contribution in [0.1, 0.15) is 11.1 Å². The molecule has 156 valence electrons. The van der Waals surface area contributed by atoms with Gasteiger partial charge in [-0.3, -0.25) is 4.79 Å².